The molecule has 0 aliphatic carbocycles. The van der Waals surface area contributed by atoms with Crippen LogP contribution < -0.4 is 0 Å². The predicted molar refractivity (Wildman–Crippen MR) is 95.8 cm³/mol. The van der Waals surface area contributed by atoms with E-state index < -0.39 is 11.8 Å². The van der Waals surface area contributed by atoms with Crippen molar-refractivity contribution in [3.8, 4) is 0 Å². The Morgan fingerprint density at radius 2 is 1.72 bits per heavy atom. The van der Waals surface area contributed by atoms with Crippen molar-refractivity contribution in [1.29, 1.82) is 0 Å². The Bertz CT molecular complexity index is 981. The number of hydrogen-bond acceptors (Lipinski definition) is 3. The van der Waals surface area contributed by atoms with E-state index in [4.69, 9.17) is 11.6 Å². The molecule has 0 saturated heterocycles. The Kier molecular flexibility index (Phi) is 3.81. The largest absolute Gasteiger partial charge is 0.282 e. The minimum Gasteiger partial charge on any atom is -0.282 e. The van der Waals surface area contributed by atoms with Crippen LogP contribution in [0.2, 0.25) is 5.02 Å². The molecule has 5 nitrogen and oxygen atoms in total. The molecule has 0 N–H and O–H groups in total. The van der Waals surface area contributed by atoms with Crippen LogP contribution in [0, 0.1) is 16.0 Å². The highest BCUT2D eigenvalue weighted by Crippen LogP contribution is 2.45. The van der Waals surface area contributed by atoms with Gasteiger partial charge in [0.1, 0.15) is 0 Å². The second kappa shape index (κ2) is 6.01. The van der Waals surface area contributed by atoms with Crippen LogP contribution in [0.25, 0.3) is 10.9 Å². The third-order valence-corrected chi connectivity index (χ3v) is 5.26. The number of benzene rings is 2. The van der Waals surface area contributed by atoms with Crippen LogP contribution in [-0.4, -0.2) is 21.9 Å². The third kappa shape index (κ3) is 2.51. The fraction of sp³-hybridized carbons (Fsp3) is 0.211. The number of rotatable bonds is 4. The number of carbonyl (C=O) groups is 1. The van der Waals surface area contributed by atoms with Crippen LogP contribution in [0.1, 0.15) is 22.0 Å². The third-order valence-electron chi connectivity index (χ3n) is 4.87. The molecule has 2 atom stereocenters. The van der Waals surface area contributed by atoms with Crippen molar-refractivity contribution in [1.82, 2.24) is 4.57 Å². The highest BCUT2D eigenvalue weighted by Gasteiger charge is 2.45. The summed E-state index contributed by atoms with van der Waals surface area (Å²) >= 11 is 6.52. The van der Waals surface area contributed by atoms with E-state index in [1.165, 1.54) is 0 Å². The van der Waals surface area contributed by atoms with Gasteiger partial charge in [0.15, 0.2) is 0 Å². The fourth-order valence-corrected chi connectivity index (χ4v) is 4.17. The van der Waals surface area contributed by atoms with Gasteiger partial charge >= 0.3 is 0 Å². The number of aromatic nitrogens is 1. The van der Waals surface area contributed by atoms with Crippen molar-refractivity contribution in [2.24, 2.45) is 5.92 Å². The molecule has 1 aliphatic heterocycles. The lowest BCUT2D eigenvalue weighted by Gasteiger charge is -2.15. The molecular formula is C19H15ClN2O3. The first-order valence-electron chi connectivity index (χ1n) is 8.06. The van der Waals surface area contributed by atoms with E-state index >= 15 is 0 Å². The Morgan fingerprint density at radius 3 is 2.44 bits per heavy atom. The monoisotopic (exact) mass is 354 g/mol. The van der Waals surface area contributed by atoms with Crippen LogP contribution in [-0.2, 0) is 6.42 Å². The van der Waals surface area contributed by atoms with Gasteiger partial charge in [0, 0.05) is 10.3 Å². The summed E-state index contributed by atoms with van der Waals surface area (Å²) in [5.41, 5.74) is 2.28. The van der Waals surface area contributed by atoms with Gasteiger partial charge in [-0.25, -0.2) is 0 Å². The van der Waals surface area contributed by atoms with E-state index in [2.05, 4.69) is 0 Å². The van der Waals surface area contributed by atoms with Gasteiger partial charge < -0.3 is 0 Å². The first-order valence-corrected chi connectivity index (χ1v) is 8.44. The molecule has 0 saturated carbocycles. The van der Waals surface area contributed by atoms with Gasteiger partial charge in [0.2, 0.25) is 12.5 Å². The van der Waals surface area contributed by atoms with Crippen molar-refractivity contribution in [2.75, 3.05) is 6.54 Å². The van der Waals surface area contributed by atoms with Gasteiger partial charge in [-0.05, 0) is 18.1 Å². The number of carbonyl (C=O) groups excluding carboxylic acids is 1. The highest BCUT2D eigenvalue weighted by molar-refractivity contribution is 6.37. The summed E-state index contributed by atoms with van der Waals surface area (Å²) in [5, 5.41) is 12.5. The predicted octanol–water partition coefficient (Wildman–Crippen LogP) is 4.17. The van der Waals surface area contributed by atoms with Crippen LogP contribution in [0.15, 0.2) is 54.6 Å². The van der Waals surface area contributed by atoms with E-state index in [1.807, 2.05) is 54.6 Å². The van der Waals surface area contributed by atoms with E-state index in [1.54, 1.807) is 4.57 Å². The Hall–Kier alpha value is -2.66. The molecular weight excluding hydrogens is 340 g/mol. The number of nitrogens with zero attached hydrogens (tertiary/aromatic N) is 2. The molecule has 0 spiro atoms. The van der Waals surface area contributed by atoms with Crippen molar-refractivity contribution < 1.29 is 9.72 Å². The van der Waals surface area contributed by atoms with E-state index in [0.29, 0.717) is 17.1 Å². The maximum absolute atomic E-state index is 13.1. The first kappa shape index (κ1) is 15.8. The van der Waals surface area contributed by atoms with Crippen molar-refractivity contribution in [3.63, 3.8) is 0 Å². The lowest BCUT2D eigenvalue weighted by Crippen LogP contribution is -2.24. The molecule has 0 bridgehead atoms. The average molecular weight is 355 g/mol. The number of hydrogen-bond donors (Lipinski definition) is 0. The molecule has 1 aliphatic rings. The summed E-state index contributed by atoms with van der Waals surface area (Å²) in [6.45, 7) is -0.306. The van der Waals surface area contributed by atoms with Gasteiger partial charge in [0.25, 0.3) is 0 Å². The molecule has 0 fully saturated rings. The lowest BCUT2D eigenvalue weighted by atomic mass is 9.86. The molecule has 0 amide bonds. The Morgan fingerprint density at radius 1 is 1.04 bits per heavy atom. The topological polar surface area (TPSA) is 65.1 Å². The van der Waals surface area contributed by atoms with E-state index in [9.17, 15) is 14.9 Å². The smallest absolute Gasteiger partial charge is 0.235 e. The van der Waals surface area contributed by atoms with E-state index in [-0.39, 0.29) is 17.4 Å². The number of fused-ring (bicyclic) bond motifs is 3. The summed E-state index contributed by atoms with van der Waals surface area (Å²) in [5.74, 6) is -1.12. The quantitative estimate of drug-likeness (QED) is 0.521. The zero-order chi connectivity index (χ0) is 17.6. The summed E-state index contributed by atoms with van der Waals surface area (Å²) in [7, 11) is 0. The molecule has 25 heavy (non-hydrogen) atoms. The van der Waals surface area contributed by atoms with Gasteiger partial charge in [0.05, 0.1) is 28.1 Å². The van der Waals surface area contributed by atoms with Crippen LogP contribution in [0.5, 0.6) is 0 Å². The zero-order valence-electron chi connectivity index (χ0n) is 13.3. The van der Waals surface area contributed by atoms with Gasteiger partial charge in [-0.1, -0.05) is 60.1 Å². The van der Waals surface area contributed by atoms with Gasteiger partial charge in [-0.15, -0.1) is 0 Å². The molecule has 4 rings (SSSR count). The molecule has 2 heterocycles. The Labute approximate surface area is 149 Å². The van der Waals surface area contributed by atoms with Crippen molar-refractivity contribution in [2.45, 2.75) is 12.3 Å². The second-order valence-electron chi connectivity index (χ2n) is 6.31. The molecule has 6 heteroatoms. The normalized spacial score (nSPS) is 19.3. The number of halogens is 1. The summed E-state index contributed by atoms with van der Waals surface area (Å²) in [6, 6.07) is 16.9. The molecule has 1 aromatic heterocycles. The van der Waals surface area contributed by atoms with Gasteiger partial charge in [-0.3, -0.25) is 19.5 Å². The minimum atomic E-state index is -0.525. The molecule has 2 aromatic carbocycles. The highest BCUT2D eigenvalue weighted by atomic mass is 35.5. The summed E-state index contributed by atoms with van der Waals surface area (Å²) < 4.78 is 1.58. The van der Waals surface area contributed by atoms with Crippen LogP contribution in [0.4, 0.5) is 0 Å². The molecule has 126 valence electrons. The lowest BCUT2D eigenvalue weighted by molar-refractivity contribution is -0.484. The first-order chi connectivity index (χ1) is 12.1. The standard InChI is InChI=1S/C19H15ClN2O3/c20-17-13-8-4-5-9-16(13)22-18(17)15(11-21(24)25)14(19(22)23)10-12-6-2-1-3-7-12/h1-9,14-15H,10-11H2/t14-,15-/m1/s1. The molecule has 0 unspecified atom stereocenters. The summed E-state index contributed by atoms with van der Waals surface area (Å²) in [6.07, 6.45) is 0.463. The maximum Gasteiger partial charge on any atom is 0.235 e. The molecule has 3 aromatic rings. The van der Waals surface area contributed by atoms with E-state index in [0.717, 1.165) is 16.5 Å². The maximum atomic E-state index is 13.1. The van der Waals surface area contributed by atoms with Crippen molar-refractivity contribution in [3.05, 3.63) is 81.0 Å². The van der Waals surface area contributed by atoms with Crippen molar-refractivity contribution >= 4 is 28.4 Å². The average Bonchev–Trinajstić information content (AvgIpc) is 3.04. The second-order valence-corrected chi connectivity index (χ2v) is 6.69. The summed E-state index contributed by atoms with van der Waals surface area (Å²) in [4.78, 5) is 24.0. The number of nitro groups is 1. The zero-order valence-corrected chi connectivity index (χ0v) is 14.0. The molecule has 0 radical (unpaired) electrons. The minimum absolute atomic E-state index is 0.117. The van der Waals surface area contributed by atoms with Crippen LogP contribution in [0.3, 0.4) is 0 Å². The fourth-order valence-electron chi connectivity index (χ4n) is 3.79. The SMILES string of the molecule is O=C1[C@H](Cc2ccccc2)[C@@H](C[N+](=O)[O-])c2c(Cl)c3ccccc3n21. The van der Waals surface area contributed by atoms with Crippen LogP contribution >= 0.6 is 11.6 Å². The number of para-hydroxylation sites is 1. The van der Waals surface area contributed by atoms with Gasteiger partial charge in [-0.2, -0.15) is 0 Å². The Balaban J connectivity index is 1.84.